The summed E-state index contributed by atoms with van der Waals surface area (Å²) in [6, 6.07) is 13.1. The summed E-state index contributed by atoms with van der Waals surface area (Å²) in [5, 5.41) is -0.260. The lowest BCUT2D eigenvalue weighted by Crippen LogP contribution is -2.27. The summed E-state index contributed by atoms with van der Waals surface area (Å²) in [4.78, 5) is 30.7. The second-order valence-electron chi connectivity index (χ2n) is 5.06. The number of hydrogen-bond acceptors (Lipinski definition) is 4. The molecule has 23 heavy (non-hydrogen) atoms. The summed E-state index contributed by atoms with van der Waals surface area (Å²) < 4.78 is 0.878. The van der Waals surface area contributed by atoms with Gasteiger partial charge in [0, 0.05) is 10.2 Å². The maximum absolute atomic E-state index is 12.5. The zero-order valence-corrected chi connectivity index (χ0v) is 14.7. The lowest BCUT2D eigenvalue weighted by molar-refractivity contribution is -0.123. The van der Waals surface area contributed by atoms with Crippen LogP contribution in [0, 0.1) is 6.92 Å². The minimum absolute atomic E-state index is 0.255. The molecule has 3 rings (SSSR count). The van der Waals surface area contributed by atoms with E-state index in [-0.39, 0.29) is 17.7 Å². The first kappa shape index (κ1) is 16.0. The standard InChI is InChI=1S/C17H13BrN2O2S/c1-11-5-4-7-13(19-11)9-15-16(21)20(17(22)23-15)10-12-6-2-3-8-14(12)18/h2-9H,10H2,1H3/b15-9-. The molecule has 0 atom stereocenters. The van der Waals surface area contributed by atoms with E-state index >= 15 is 0 Å². The Balaban J connectivity index is 1.84. The third-order valence-electron chi connectivity index (χ3n) is 3.35. The van der Waals surface area contributed by atoms with E-state index in [1.54, 1.807) is 6.08 Å². The summed E-state index contributed by atoms with van der Waals surface area (Å²) in [6.45, 7) is 2.14. The highest BCUT2D eigenvalue weighted by Crippen LogP contribution is 2.33. The number of hydrogen-bond donors (Lipinski definition) is 0. The number of aromatic nitrogens is 1. The predicted molar refractivity (Wildman–Crippen MR) is 94.6 cm³/mol. The van der Waals surface area contributed by atoms with Gasteiger partial charge in [0.05, 0.1) is 17.1 Å². The Labute approximate surface area is 146 Å². The fourth-order valence-electron chi connectivity index (χ4n) is 2.21. The molecule has 1 aromatic carbocycles. The molecule has 0 radical (unpaired) electrons. The quantitative estimate of drug-likeness (QED) is 0.731. The van der Waals surface area contributed by atoms with Crippen molar-refractivity contribution in [1.29, 1.82) is 0 Å². The number of aryl methyl sites for hydroxylation is 1. The molecule has 1 aliphatic rings. The van der Waals surface area contributed by atoms with Crippen molar-refractivity contribution in [2.45, 2.75) is 13.5 Å². The molecular weight excluding hydrogens is 376 g/mol. The Morgan fingerprint density at radius 2 is 1.96 bits per heavy atom. The van der Waals surface area contributed by atoms with Crippen molar-refractivity contribution in [3.05, 3.63) is 68.8 Å². The van der Waals surface area contributed by atoms with Crippen LogP contribution in [-0.4, -0.2) is 21.0 Å². The van der Waals surface area contributed by atoms with Gasteiger partial charge < -0.3 is 0 Å². The van der Waals surface area contributed by atoms with Crippen molar-refractivity contribution in [2.75, 3.05) is 0 Å². The van der Waals surface area contributed by atoms with E-state index in [1.807, 2.05) is 49.4 Å². The van der Waals surface area contributed by atoms with Crippen LogP contribution in [0.1, 0.15) is 17.0 Å². The van der Waals surface area contributed by atoms with Gasteiger partial charge in [-0.15, -0.1) is 0 Å². The molecule has 2 aromatic rings. The van der Waals surface area contributed by atoms with Crippen LogP contribution in [-0.2, 0) is 11.3 Å². The van der Waals surface area contributed by atoms with Gasteiger partial charge in [-0.2, -0.15) is 0 Å². The molecule has 1 aromatic heterocycles. The molecule has 1 saturated heterocycles. The monoisotopic (exact) mass is 388 g/mol. The number of carbonyl (C=O) groups is 2. The predicted octanol–water partition coefficient (Wildman–Crippen LogP) is 4.39. The Bertz CT molecular complexity index is 820. The molecule has 1 aliphatic heterocycles. The van der Waals surface area contributed by atoms with Crippen LogP contribution in [0.3, 0.4) is 0 Å². The van der Waals surface area contributed by atoms with Crippen LogP contribution < -0.4 is 0 Å². The average molecular weight is 389 g/mol. The Kier molecular flexibility index (Phi) is 4.63. The van der Waals surface area contributed by atoms with Gasteiger partial charge in [-0.1, -0.05) is 40.2 Å². The molecule has 6 heteroatoms. The number of halogens is 1. The highest BCUT2D eigenvalue weighted by molar-refractivity contribution is 9.10. The van der Waals surface area contributed by atoms with Crippen molar-refractivity contribution in [2.24, 2.45) is 0 Å². The second-order valence-corrected chi connectivity index (χ2v) is 6.91. The molecule has 0 aliphatic carbocycles. The zero-order chi connectivity index (χ0) is 16.4. The third kappa shape index (κ3) is 3.54. The van der Waals surface area contributed by atoms with E-state index < -0.39 is 0 Å². The number of nitrogens with zero attached hydrogens (tertiary/aromatic N) is 2. The smallest absolute Gasteiger partial charge is 0.268 e. The van der Waals surface area contributed by atoms with Gasteiger partial charge in [0.25, 0.3) is 11.1 Å². The molecule has 2 amide bonds. The maximum atomic E-state index is 12.5. The number of thioether (sulfide) groups is 1. The highest BCUT2D eigenvalue weighted by Gasteiger charge is 2.35. The molecule has 0 spiro atoms. The van der Waals surface area contributed by atoms with Gasteiger partial charge >= 0.3 is 0 Å². The van der Waals surface area contributed by atoms with Gasteiger partial charge in [0.15, 0.2) is 0 Å². The van der Waals surface area contributed by atoms with Crippen LogP contribution >= 0.6 is 27.7 Å². The van der Waals surface area contributed by atoms with Crippen molar-refractivity contribution in [3.8, 4) is 0 Å². The van der Waals surface area contributed by atoms with Crippen LogP contribution in [0.4, 0.5) is 4.79 Å². The maximum Gasteiger partial charge on any atom is 0.293 e. The van der Waals surface area contributed by atoms with Gasteiger partial charge in [-0.25, -0.2) is 0 Å². The Morgan fingerprint density at radius 1 is 1.17 bits per heavy atom. The molecule has 4 nitrogen and oxygen atoms in total. The molecular formula is C17H13BrN2O2S. The van der Waals surface area contributed by atoms with Gasteiger partial charge in [0.2, 0.25) is 0 Å². The van der Waals surface area contributed by atoms with E-state index in [9.17, 15) is 9.59 Å². The fraction of sp³-hybridized carbons (Fsp3) is 0.118. The summed E-state index contributed by atoms with van der Waals surface area (Å²) >= 11 is 4.39. The number of amides is 2. The van der Waals surface area contributed by atoms with Crippen LogP contribution in [0.2, 0.25) is 0 Å². The average Bonchev–Trinajstić information content (AvgIpc) is 2.77. The minimum Gasteiger partial charge on any atom is -0.268 e. The fourth-order valence-corrected chi connectivity index (χ4v) is 3.45. The normalized spacial score (nSPS) is 16.4. The molecule has 0 saturated carbocycles. The molecule has 1 fully saturated rings. The van der Waals surface area contributed by atoms with Crippen molar-refractivity contribution in [3.63, 3.8) is 0 Å². The number of benzene rings is 1. The van der Waals surface area contributed by atoms with E-state index in [2.05, 4.69) is 20.9 Å². The number of carbonyl (C=O) groups excluding carboxylic acids is 2. The van der Waals surface area contributed by atoms with Crippen LogP contribution in [0.25, 0.3) is 6.08 Å². The lowest BCUT2D eigenvalue weighted by Gasteiger charge is -2.13. The van der Waals surface area contributed by atoms with Gasteiger partial charge in [-0.3, -0.25) is 19.5 Å². The van der Waals surface area contributed by atoms with Crippen LogP contribution in [0.15, 0.2) is 51.8 Å². The summed E-state index contributed by atoms with van der Waals surface area (Å²) in [5.41, 5.74) is 2.44. The largest absolute Gasteiger partial charge is 0.293 e. The summed E-state index contributed by atoms with van der Waals surface area (Å²) in [7, 11) is 0. The third-order valence-corrected chi connectivity index (χ3v) is 5.03. The van der Waals surface area contributed by atoms with Gasteiger partial charge in [0.1, 0.15) is 0 Å². The van der Waals surface area contributed by atoms with Crippen molar-refractivity contribution < 1.29 is 9.59 Å². The molecule has 116 valence electrons. The van der Waals surface area contributed by atoms with Crippen molar-refractivity contribution >= 4 is 44.9 Å². The topological polar surface area (TPSA) is 50.3 Å². The Hall–Kier alpha value is -1.92. The zero-order valence-electron chi connectivity index (χ0n) is 12.3. The van der Waals surface area contributed by atoms with E-state index in [1.165, 1.54) is 4.90 Å². The highest BCUT2D eigenvalue weighted by atomic mass is 79.9. The first-order valence-corrected chi connectivity index (χ1v) is 8.58. The first-order chi connectivity index (χ1) is 11.0. The molecule has 0 unspecified atom stereocenters. The van der Waals surface area contributed by atoms with E-state index in [4.69, 9.17) is 0 Å². The summed E-state index contributed by atoms with van der Waals surface area (Å²) in [5.74, 6) is -0.279. The molecule has 0 bridgehead atoms. The molecule has 0 N–H and O–H groups in total. The first-order valence-electron chi connectivity index (χ1n) is 6.97. The number of rotatable bonds is 3. The number of imide groups is 1. The van der Waals surface area contributed by atoms with E-state index in [0.29, 0.717) is 10.6 Å². The van der Waals surface area contributed by atoms with Crippen molar-refractivity contribution in [1.82, 2.24) is 9.88 Å². The lowest BCUT2D eigenvalue weighted by atomic mass is 10.2. The molecule has 2 heterocycles. The Morgan fingerprint density at radius 3 is 2.70 bits per heavy atom. The minimum atomic E-state index is -0.279. The number of pyridine rings is 1. The summed E-state index contributed by atoms with van der Waals surface area (Å²) in [6.07, 6.45) is 1.66. The second kappa shape index (κ2) is 6.68. The SMILES string of the molecule is Cc1cccc(/C=C2\SC(=O)N(Cc3ccccc3Br)C2=O)n1. The van der Waals surface area contributed by atoms with Gasteiger partial charge in [-0.05, 0) is 48.5 Å². The van der Waals surface area contributed by atoms with E-state index in [0.717, 1.165) is 27.5 Å². The van der Waals surface area contributed by atoms with Crippen LogP contribution in [0.5, 0.6) is 0 Å².